The van der Waals surface area contributed by atoms with Gasteiger partial charge in [-0.15, -0.1) is 0 Å². The molecular weight excluding hydrogens is 324 g/mol. The van der Waals surface area contributed by atoms with Crippen molar-refractivity contribution in [3.8, 4) is 0 Å². The topological polar surface area (TPSA) is 62.2 Å². The van der Waals surface area contributed by atoms with E-state index in [2.05, 4.69) is 40.6 Å². The zero-order valence-electron chi connectivity index (χ0n) is 14.6. The van der Waals surface area contributed by atoms with Gasteiger partial charge in [0.05, 0.1) is 17.6 Å². The van der Waals surface area contributed by atoms with Crippen LogP contribution >= 0.6 is 0 Å². The molecule has 1 aliphatic rings. The molecule has 1 fully saturated rings. The molecule has 4 nitrogen and oxygen atoms in total. The van der Waals surface area contributed by atoms with Crippen molar-refractivity contribution >= 4 is 22.6 Å². The highest BCUT2D eigenvalue weighted by atomic mass is 16.4. The largest absolute Gasteiger partial charge is 0.481 e. The number of para-hydroxylation sites is 1. The van der Waals surface area contributed by atoms with Gasteiger partial charge in [-0.1, -0.05) is 55.0 Å². The smallest absolute Gasteiger partial charge is 0.309 e. The zero-order chi connectivity index (χ0) is 18.0. The lowest BCUT2D eigenvalue weighted by atomic mass is 9.64. The second-order valence-electron chi connectivity index (χ2n) is 7.10. The van der Waals surface area contributed by atoms with Crippen LogP contribution in [0.15, 0.2) is 60.7 Å². The van der Waals surface area contributed by atoms with E-state index in [1.165, 1.54) is 24.8 Å². The Hall–Kier alpha value is -2.88. The van der Waals surface area contributed by atoms with Gasteiger partial charge in [0.15, 0.2) is 0 Å². The minimum Gasteiger partial charge on any atom is -0.481 e. The van der Waals surface area contributed by atoms with E-state index in [4.69, 9.17) is 5.11 Å². The van der Waals surface area contributed by atoms with Gasteiger partial charge in [0.2, 0.25) is 0 Å². The van der Waals surface area contributed by atoms with Crippen LogP contribution < -0.4 is 5.32 Å². The highest BCUT2D eigenvalue weighted by Gasteiger charge is 2.38. The van der Waals surface area contributed by atoms with Gasteiger partial charge in [-0.3, -0.25) is 9.78 Å². The van der Waals surface area contributed by atoms with E-state index < -0.39 is 5.97 Å². The highest BCUT2D eigenvalue weighted by molar-refractivity contribution is 5.92. The van der Waals surface area contributed by atoms with Gasteiger partial charge >= 0.3 is 5.97 Å². The van der Waals surface area contributed by atoms with Crippen LogP contribution in [0.5, 0.6) is 0 Å². The van der Waals surface area contributed by atoms with Gasteiger partial charge < -0.3 is 10.4 Å². The van der Waals surface area contributed by atoms with E-state index in [-0.39, 0.29) is 11.8 Å². The number of nitrogens with zero attached hydrogens (tertiary/aromatic N) is 1. The molecular formula is C22H22N2O2. The Kier molecular flexibility index (Phi) is 4.33. The minimum atomic E-state index is -0.863. The van der Waals surface area contributed by atoms with Gasteiger partial charge in [0.25, 0.3) is 0 Å². The number of carboxylic acid groups (broad SMARTS) is 1. The number of hydrogen-bond donors (Lipinski definition) is 2. The summed E-state index contributed by atoms with van der Waals surface area (Å²) in [4.78, 5) is 15.6. The number of carboxylic acids is 1. The summed E-state index contributed by atoms with van der Waals surface area (Å²) in [6.45, 7) is 0.845. The van der Waals surface area contributed by atoms with Crippen molar-refractivity contribution in [3.63, 3.8) is 0 Å². The molecule has 0 radical (unpaired) electrons. The van der Waals surface area contributed by atoms with Crippen molar-refractivity contribution in [1.29, 1.82) is 0 Å². The van der Waals surface area contributed by atoms with Gasteiger partial charge in [0.1, 0.15) is 0 Å². The average Bonchev–Trinajstić information content (AvgIpc) is 2.61. The van der Waals surface area contributed by atoms with Crippen molar-refractivity contribution < 1.29 is 9.90 Å². The molecule has 2 N–H and O–H groups in total. The summed E-state index contributed by atoms with van der Waals surface area (Å²) in [6, 6.07) is 20.4. The third-order valence-electron chi connectivity index (χ3n) is 5.42. The van der Waals surface area contributed by atoms with Gasteiger partial charge in [0, 0.05) is 23.0 Å². The molecule has 0 bridgehead atoms. The number of nitrogens with one attached hydrogen (secondary N) is 1. The summed E-state index contributed by atoms with van der Waals surface area (Å²) < 4.78 is 0. The van der Waals surface area contributed by atoms with Gasteiger partial charge in [-0.25, -0.2) is 0 Å². The fraction of sp³-hybridized carbons (Fsp3) is 0.273. The Morgan fingerprint density at radius 3 is 2.50 bits per heavy atom. The van der Waals surface area contributed by atoms with E-state index in [1.807, 2.05) is 30.3 Å². The number of benzene rings is 2. The van der Waals surface area contributed by atoms with Crippen LogP contribution in [0.1, 0.15) is 30.5 Å². The fourth-order valence-electron chi connectivity index (χ4n) is 3.85. The normalized spacial score (nSPS) is 15.4. The molecule has 26 heavy (non-hydrogen) atoms. The highest BCUT2D eigenvalue weighted by Crippen LogP contribution is 2.44. The van der Waals surface area contributed by atoms with Crippen molar-refractivity contribution in [2.24, 2.45) is 0 Å². The second-order valence-corrected chi connectivity index (χ2v) is 7.10. The summed E-state index contributed by atoms with van der Waals surface area (Å²) in [6.07, 6.45) is 3.53. The number of carbonyl (C=O) groups is 1. The third-order valence-corrected chi connectivity index (χ3v) is 5.42. The third kappa shape index (κ3) is 3.15. The molecule has 1 saturated carbocycles. The molecule has 0 aliphatic heterocycles. The monoisotopic (exact) mass is 346 g/mol. The van der Waals surface area contributed by atoms with Crippen molar-refractivity contribution in [1.82, 2.24) is 4.98 Å². The average molecular weight is 346 g/mol. The number of pyridine rings is 1. The first-order chi connectivity index (χ1) is 12.7. The van der Waals surface area contributed by atoms with E-state index in [1.54, 1.807) is 0 Å². The molecule has 1 aromatic heterocycles. The Labute approximate surface area is 152 Å². The summed E-state index contributed by atoms with van der Waals surface area (Å²) in [5, 5.41) is 13.8. The second kappa shape index (κ2) is 6.79. The molecule has 1 aliphatic carbocycles. The standard InChI is InChI=1S/C22H22N2O2/c25-21(26)14-17-13-20(18-9-4-5-10-19(18)24-17)23-15-22(11-6-12-22)16-7-2-1-3-8-16/h1-5,7-10,13H,6,11-12,14-15H2,(H,23,24)(H,25,26). The maximum absolute atomic E-state index is 11.1. The number of aromatic nitrogens is 1. The molecule has 4 heteroatoms. The van der Waals surface area contributed by atoms with Crippen molar-refractivity contribution in [2.45, 2.75) is 31.1 Å². The van der Waals surface area contributed by atoms with E-state index in [9.17, 15) is 4.79 Å². The predicted molar refractivity (Wildman–Crippen MR) is 104 cm³/mol. The first kappa shape index (κ1) is 16.6. The Balaban J connectivity index is 1.65. The lowest BCUT2D eigenvalue weighted by Crippen LogP contribution is -2.40. The van der Waals surface area contributed by atoms with Crippen LogP contribution in [0.25, 0.3) is 10.9 Å². The summed E-state index contributed by atoms with van der Waals surface area (Å²) in [5.74, 6) is -0.863. The molecule has 0 saturated heterocycles. The fourth-order valence-corrected chi connectivity index (χ4v) is 3.85. The number of fused-ring (bicyclic) bond motifs is 1. The van der Waals surface area contributed by atoms with Gasteiger partial charge in [-0.2, -0.15) is 0 Å². The zero-order valence-corrected chi connectivity index (χ0v) is 14.6. The van der Waals surface area contributed by atoms with Crippen LogP contribution in [-0.2, 0) is 16.6 Å². The molecule has 4 rings (SSSR count). The van der Waals surface area contributed by atoms with Crippen LogP contribution in [0.4, 0.5) is 5.69 Å². The van der Waals surface area contributed by atoms with Crippen LogP contribution in [0.3, 0.4) is 0 Å². The molecule has 0 spiro atoms. The van der Waals surface area contributed by atoms with Crippen LogP contribution in [-0.4, -0.2) is 22.6 Å². The maximum atomic E-state index is 11.1. The quantitative estimate of drug-likeness (QED) is 0.695. The molecule has 3 aromatic rings. The summed E-state index contributed by atoms with van der Waals surface area (Å²) in [5.41, 5.74) is 3.92. The molecule has 132 valence electrons. The Morgan fingerprint density at radius 2 is 1.81 bits per heavy atom. The minimum absolute atomic E-state index is 0.0661. The Bertz CT molecular complexity index is 933. The van der Waals surface area contributed by atoms with E-state index in [0.29, 0.717) is 5.69 Å². The SMILES string of the molecule is O=C(O)Cc1cc(NCC2(c3ccccc3)CCC2)c2ccccc2n1. The lowest BCUT2D eigenvalue weighted by Gasteiger charge is -2.43. The number of rotatable bonds is 6. The molecule has 2 aromatic carbocycles. The molecule has 0 amide bonds. The van der Waals surface area contributed by atoms with Crippen LogP contribution in [0.2, 0.25) is 0 Å². The molecule has 0 unspecified atom stereocenters. The van der Waals surface area contributed by atoms with Gasteiger partial charge in [-0.05, 0) is 30.5 Å². The number of aliphatic carboxylic acids is 1. The maximum Gasteiger partial charge on any atom is 0.309 e. The van der Waals surface area contributed by atoms with Crippen molar-refractivity contribution in [3.05, 3.63) is 71.9 Å². The summed E-state index contributed by atoms with van der Waals surface area (Å²) in [7, 11) is 0. The van der Waals surface area contributed by atoms with Crippen LogP contribution in [0, 0.1) is 0 Å². The molecule has 1 heterocycles. The first-order valence-electron chi connectivity index (χ1n) is 9.06. The number of anilines is 1. The van der Waals surface area contributed by atoms with Crippen molar-refractivity contribution in [2.75, 3.05) is 11.9 Å². The number of hydrogen-bond acceptors (Lipinski definition) is 3. The van der Waals surface area contributed by atoms with E-state index >= 15 is 0 Å². The van der Waals surface area contributed by atoms with E-state index in [0.717, 1.165) is 23.1 Å². The lowest BCUT2D eigenvalue weighted by molar-refractivity contribution is -0.136. The Morgan fingerprint density at radius 1 is 1.08 bits per heavy atom. The molecule has 0 atom stereocenters. The first-order valence-corrected chi connectivity index (χ1v) is 9.06. The summed E-state index contributed by atoms with van der Waals surface area (Å²) >= 11 is 0. The predicted octanol–water partition coefficient (Wildman–Crippen LogP) is 4.40.